The van der Waals surface area contributed by atoms with Gasteiger partial charge in [0.15, 0.2) is 0 Å². The predicted octanol–water partition coefficient (Wildman–Crippen LogP) is -4.62. The molecule has 3 rings (SSSR count). The maximum Gasteiger partial charge on any atom is 3.00 e. The molecule has 0 bridgehead atoms. The fraction of sp³-hybridized carbons (Fsp3) is 0.500. The molecule has 47 heavy (non-hydrogen) atoms. The van der Waals surface area contributed by atoms with Crippen LogP contribution < -0.4 is 20.4 Å². The number of carbonyl (C=O) groups is 4. The van der Waals surface area contributed by atoms with Crippen molar-refractivity contribution in [1.82, 2.24) is 19.6 Å². The van der Waals surface area contributed by atoms with Gasteiger partial charge < -0.3 is 49.1 Å². The summed E-state index contributed by atoms with van der Waals surface area (Å²) in [4.78, 5) is 53.9. The van der Waals surface area contributed by atoms with E-state index in [9.17, 15) is 39.6 Å². The first-order valence-corrected chi connectivity index (χ1v) is 15.1. The molecule has 2 aromatic carbocycles. The van der Waals surface area contributed by atoms with Crippen molar-refractivity contribution in [2.45, 2.75) is 25.3 Å². The van der Waals surface area contributed by atoms with Gasteiger partial charge in [-0.2, -0.15) is 0 Å². The van der Waals surface area contributed by atoms with E-state index in [1.165, 1.54) is 9.80 Å². The van der Waals surface area contributed by atoms with Gasteiger partial charge in [-0.3, -0.25) is 19.6 Å². The molecule has 0 aromatic heterocycles. The second-order valence-corrected chi connectivity index (χ2v) is 11.0. The summed E-state index contributed by atoms with van der Waals surface area (Å²) < 4.78 is 11.4. The van der Waals surface area contributed by atoms with E-state index in [-0.39, 0.29) is 119 Å². The first kappa shape index (κ1) is 40.6. The first-order chi connectivity index (χ1) is 22.1. The molecule has 1 fully saturated rings. The van der Waals surface area contributed by atoms with Crippen molar-refractivity contribution < 1.29 is 89.0 Å². The molecule has 0 aliphatic carbocycles. The summed E-state index contributed by atoms with van der Waals surface area (Å²) >= 11 is 0. The number of ether oxygens (including phenoxy) is 2. The molecule has 1 heterocycles. The van der Waals surface area contributed by atoms with Gasteiger partial charge in [0.05, 0.1) is 62.4 Å². The van der Waals surface area contributed by atoms with E-state index in [4.69, 9.17) is 9.47 Å². The third-order valence-electron chi connectivity index (χ3n) is 7.72. The normalized spacial score (nSPS) is 17.4. The average molecular weight is 798 g/mol. The molecular formula is C32H40GdN4O10-. The van der Waals surface area contributed by atoms with Crippen LogP contribution in [-0.2, 0) is 41.9 Å². The predicted molar refractivity (Wildman–Crippen MR) is 156 cm³/mol. The Balaban J connectivity index is 0.00000768. The van der Waals surface area contributed by atoms with Gasteiger partial charge in [-0.15, -0.1) is 0 Å². The number of hydrogen-bond donors (Lipinski definition) is 0. The van der Waals surface area contributed by atoms with Gasteiger partial charge in [-0.25, -0.2) is 0 Å². The number of hydrogen-bond acceptors (Lipinski definition) is 14. The molecule has 2 aromatic rings. The van der Waals surface area contributed by atoms with Crippen LogP contribution >= 0.6 is 0 Å². The summed E-state index contributed by atoms with van der Waals surface area (Å²) in [5.74, 6) is -5.49. The Bertz CT molecular complexity index is 1130. The van der Waals surface area contributed by atoms with Gasteiger partial charge >= 0.3 is 39.9 Å². The van der Waals surface area contributed by atoms with Crippen molar-refractivity contribution in [3.05, 3.63) is 71.8 Å². The fourth-order valence-electron chi connectivity index (χ4n) is 5.20. The van der Waals surface area contributed by atoms with Crippen LogP contribution in [-0.4, -0.2) is 134 Å². The second kappa shape index (κ2) is 22.1. The molecule has 0 N–H and O–H groups in total. The molecule has 257 valence electrons. The van der Waals surface area contributed by atoms with E-state index >= 15 is 0 Å². The van der Waals surface area contributed by atoms with Crippen molar-refractivity contribution in [2.24, 2.45) is 0 Å². The topological polar surface area (TPSA) is 192 Å². The van der Waals surface area contributed by atoms with Gasteiger partial charge in [0.2, 0.25) is 0 Å². The van der Waals surface area contributed by atoms with E-state index in [1.807, 2.05) is 60.7 Å². The number of carbonyl (C=O) groups excluding carboxylic acids is 4. The SMILES string of the molecule is O=C([O-])CN1CCN(C(COCc2ccccc2)C(=O)[O-])CCN(CC(=O)[O-])CCN(C(COCc2ccccc2)C(=O)[O-])CC1.[Gd+3]. The minimum atomic E-state index is -1.39. The number of aliphatic carboxylic acids is 4. The van der Waals surface area contributed by atoms with Gasteiger partial charge in [0, 0.05) is 65.4 Å². The smallest absolute Gasteiger partial charge is 0.549 e. The van der Waals surface area contributed by atoms with E-state index < -0.39 is 49.1 Å². The van der Waals surface area contributed by atoms with Gasteiger partial charge in [-0.05, 0) is 11.1 Å². The molecule has 15 heteroatoms. The second-order valence-electron chi connectivity index (χ2n) is 11.0. The van der Waals surface area contributed by atoms with E-state index in [1.54, 1.807) is 9.80 Å². The number of carboxylic acid groups (broad SMARTS) is 4. The van der Waals surface area contributed by atoms with Crippen LogP contribution in [0.25, 0.3) is 0 Å². The van der Waals surface area contributed by atoms with Crippen molar-refractivity contribution in [1.29, 1.82) is 0 Å². The summed E-state index contributed by atoms with van der Waals surface area (Å²) in [6.07, 6.45) is 0. The van der Waals surface area contributed by atoms with E-state index in [0.29, 0.717) is 0 Å². The largest absolute Gasteiger partial charge is 3.00 e. The van der Waals surface area contributed by atoms with Crippen molar-refractivity contribution in [3.8, 4) is 0 Å². The maximum absolute atomic E-state index is 12.2. The molecule has 14 nitrogen and oxygen atoms in total. The Morgan fingerprint density at radius 2 is 0.872 bits per heavy atom. The molecule has 0 amide bonds. The molecule has 1 saturated heterocycles. The van der Waals surface area contributed by atoms with Crippen LogP contribution in [0.4, 0.5) is 0 Å². The molecule has 1 aliphatic rings. The molecule has 2 atom stereocenters. The summed E-state index contributed by atoms with van der Waals surface area (Å²) in [7, 11) is 0. The quantitative estimate of drug-likeness (QED) is 0.158. The third kappa shape index (κ3) is 15.4. The van der Waals surface area contributed by atoms with Crippen LogP contribution in [0.3, 0.4) is 0 Å². The van der Waals surface area contributed by atoms with Gasteiger partial charge in [0.25, 0.3) is 0 Å². The first-order valence-electron chi connectivity index (χ1n) is 15.1. The summed E-state index contributed by atoms with van der Waals surface area (Å²) in [6.45, 7) is -0.411. The van der Waals surface area contributed by atoms with Crippen molar-refractivity contribution >= 4 is 23.9 Å². The number of carboxylic acids is 4. The van der Waals surface area contributed by atoms with E-state index in [0.717, 1.165) is 11.1 Å². The molecular weight excluding hydrogens is 758 g/mol. The summed E-state index contributed by atoms with van der Waals surface area (Å²) in [5, 5.41) is 47.7. The minimum absolute atomic E-state index is 0. The zero-order chi connectivity index (χ0) is 33.3. The standard InChI is InChI=1S/C32H44N4O10.Gd/c37-29(38)19-33-11-15-35(27(31(41)42)23-45-21-25-7-3-1-4-8-25)16-12-34(20-30(39)40)14-18-36(17-13-33)28(32(43)44)24-46-22-26-9-5-2-6-10-26;/h1-10,27-28H,11-24H2,(H,37,38)(H,39,40)(H,41,42)(H,43,44);/q;+3/p-4. The van der Waals surface area contributed by atoms with Gasteiger partial charge in [0.1, 0.15) is 0 Å². The number of rotatable bonds is 16. The Hall–Kier alpha value is -2.60. The Kier molecular flexibility index (Phi) is 19.1. The molecule has 2 unspecified atom stereocenters. The maximum atomic E-state index is 12.2. The number of nitrogens with zero attached hydrogens (tertiary/aromatic N) is 4. The van der Waals surface area contributed by atoms with Crippen LogP contribution in [0.1, 0.15) is 11.1 Å². The van der Waals surface area contributed by atoms with Gasteiger partial charge in [-0.1, -0.05) is 60.7 Å². The Morgan fingerprint density at radius 3 is 1.15 bits per heavy atom. The summed E-state index contributed by atoms with van der Waals surface area (Å²) in [6, 6.07) is 15.9. The molecule has 1 aliphatic heterocycles. The monoisotopic (exact) mass is 798 g/mol. The van der Waals surface area contributed by atoms with Crippen LogP contribution in [0.15, 0.2) is 60.7 Å². The Morgan fingerprint density at radius 1 is 0.553 bits per heavy atom. The van der Waals surface area contributed by atoms with Crippen molar-refractivity contribution in [3.63, 3.8) is 0 Å². The fourth-order valence-corrected chi connectivity index (χ4v) is 5.20. The third-order valence-corrected chi connectivity index (χ3v) is 7.72. The molecule has 1 radical (unpaired) electrons. The zero-order valence-corrected chi connectivity index (χ0v) is 28.3. The molecule has 0 saturated carbocycles. The average Bonchev–Trinajstić information content (AvgIpc) is 3.01. The molecule has 0 spiro atoms. The van der Waals surface area contributed by atoms with E-state index in [2.05, 4.69) is 0 Å². The zero-order valence-electron chi connectivity index (χ0n) is 26.1. The Labute approximate surface area is 306 Å². The van der Waals surface area contributed by atoms with Crippen molar-refractivity contribution in [2.75, 3.05) is 78.7 Å². The van der Waals surface area contributed by atoms with Crippen LogP contribution in [0, 0.1) is 39.9 Å². The minimum Gasteiger partial charge on any atom is -0.549 e. The van der Waals surface area contributed by atoms with Crippen LogP contribution in [0.5, 0.6) is 0 Å². The summed E-state index contributed by atoms with van der Waals surface area (Å²) in [5.41, 5.74) is 1.69. The van der Waals surface area contributed by atoms with Crippen LogP contribution in [0.2, 0.25) is 0 Å². The number of benzene rings is 2.